The largest absolute Gasteiger partial charge is 0.489 e. The number of nitrogens with two attached hydrogens (primary N) is 1. The molecule has 1 saturated heterocycles. The summed E-state index contributed by atoms with van der Waals surface area (Å²) in [7, 11) is 0. The van der Waals surface area contributed by atoms with Crippen LogP contribution in [0.25, 0.3) is 0 Å². The topological polar surface area (TPSA) is 91.9 Å². The molecule has 0 radical (unpaired) electrons. The molecule has 34 heavy (non-hydrogen) atoms. The van der Waals surface area contributed by atoms with Crippen LogP contribution in [0.4, 0.5) is 0 Å². The number of hydrogen-bond acceptors (Lipinski definition) is 6. The lowest BCUT2D eigenvalue weighted by Gasteiger charge is -2.12. The van der Waals surface area contributed by atoms with Crippen molar-refractivity contribution in [1.82, 2.24) is 0 Å². The van der Waals surface area contributed by atoms with Gasteiger partial charge < -0.3 is 18.9 Å². The van der Waals surface area contributed by atoms with E-state index in [4.69, 9.17) is 24.5 Å². The lowest BCUT2D eigenvalue weighted by atomic mass is 9.99. The van der Waals surface area contributed by atoms with E-state index in [1.807, 2.05) is 66.7 Å². The molecule has 3 aromatic carbocycles. The van der Waals surface area contributed by atoms with E-state index in [-0.39, 0.29) is 18.3 Å². The minimum Gasteiger partial charge on any atom is -0.489 e. The van der Waals surface area contributed by atoms with Gasteiger partial charge in [0.05, 0.1) is 25.4 Å². The van der Waals surface area contributed by atoms with Crippen LogP contribution in [-0.2, 0) is 20.8 Å². The molecule has 0 amide bonds. The molecule has 2 N–H and O–H groups in total. The van der Waals surface area contributed by atoms with E-state index >= 15 is 0 Å². The van der Waals surface area contributed by atoms with E-state index in [0.29, 0.717) is 38.4 Å². The van der Waals surface area contributed by atoms with Crippen molar-refractivity contribution in [2.75, 3.05) is 19.8 Å². The number of nitrogens with zero attached hydrogens (tertiary/aromatic N) is 1. The Morgan fingerprint density at radius 1 is 0.971 bits per heavy atom. The number of esters is 1. The van der Waals surface area contributed by atoms with Crippen molar-refractivity contribution < 1.29 is 29.3 Å². The number of benzene rings is 3. The van der Waals surface area contributed by atoms with Crippen LogP contribution in [0, 0.1) is 0 Å². The van der Waals surface area contributed by atoms with Crippen LogP contribution in [0.1, 0.15) is 45.9 Å². The van der Waals surface area contributed by atoms with E-state index in [9.17, 15) is 4.79 Å². The Morgan fingerprint density at radius 2 is 1.71 bits per heavy atom. The van der Waals surface area contributed by atoms with Gasteiger partial charge in [-0.1, -0.05) is 54.6 Å². The van der Waals surface area contributed by atoms with Crippen molar-refractivity contribution in [2.45, 2.75) is 31.8 Å². The van der Waals surface area contributed by atoms with Crippen LogP contribution in [0.15, 0.2) is 84.0 Å². The highest BCUT2D eigenvalue weighted by molar-refractivity contribution is 5.89. The SMILES string of the molecule is [NH2+]=NC(c1ccccc1)c1cccc(OCc2ccc(C(=O)OCCCC3OCCO3)cc2)c1. The zero-order valence-corrected chi connectivity index (χ0v) is 19.0. The predicted molar refractivity (Wildman–Crippen MR) is 125 cm³/mol. The van der Waals surface area contributed by atoms with Gasteiger partial charge >= 0.3 is 5.97 Å². The van der Waals surface area contributed by atoms with E-state index in [1.165, 1.54) is 0 Å². The Labute approximate surface area is 199 Å². The normalized spacial score (nSPS) is 14.5. The molecular weight excluding hydrogens is 432 g/mol. The monoisotopic (exact) mass is 461 g/mol. The van der Waals surface area contributed by atoms with Crippen molar-refractivity contribution in [2.24, 2.45) is 5.11 Å². The molecule has 1 fully saturated rings. The molecule has 1 aliphatic rings. The molecule has 1 atom stereocenters. The van der Waals surface area contributed by atoms with E-state index in [2.05, 4.69) is 5.11 Å². The number of carbonyl (C=O) groups is 1. The highest BCUT2D eigenvalue weighted by Crippen LogP contribution is 2.28. The van der Waals surface area contributed by atoms with Crippen LogP contribution >= 0.6 is 0 Å². The van der Waals surface area contributed by atoms with Gasteiger partial charge in [0, 0.05) is 6.42 Å². The van der Waals surface area contributed by atoms with Gasteiger partial charge in [-0.15, -0.1) is 0 Å². The molecule has 176 valence electrons. The summed E-state index contributed by atoms with van der Waals surface area (Å²) in [5, 5.41) is 4.05. The third-order valence-electron chi connectivity index (χ3n) is 5.54. The molecule has 1 heterocycles. The van der Waals surface area contributed by atoms with Crippen LogP contribution in [-0.4, -0.2) is 32.1 Å². The summed E-state index contributed by atoms with van der Waals surface area (Å²) in [5.41, 5.74) is 9.12. The molecule has 3 aromatic rings. The Morgan fingerprint density at radius 3 is 2.44 bits per heavy atom. The number of hydrogen-bond donors (Lipinski definition) is 1. The van der Waals surface area contributed by atoms with Gasteiger partial charge in [-0.25, -0.2) is 4.79 Å². The Balaban J connectivity index is 1.27. The van der Waals surface area contributed by atoms with Crippen molar-refractivity contribution in [1.29, 1.82) is 0 Å². The third-order valence-corrected chi connectivity index (χ3v) is 5.54. The van der Waals surface area contributed by atoms with Crippen molar-refractivity contribution >= 4 is 5.97 Å². The maximum absolute atomic E-state index is 12.2. The number of carbonyl (C=O) groups excluding carboxylic acids is 1. The number of rotatable bonds is 11. The molecule has 1 aliphatic heterocycles. The summed E-state index contributed by atoms with van der Waals surface area (Å²) in [4.78, 5) is 12.2. The summed E-state index contributed by atoms with van der Waals surface area (Å²) in [6.07, 6.45) is 1.24. The molecule has 0 saturated carbocycles. The first kappa shape index (κ1) is 23.6. The van der Waals surface area contributed by atoms with Gasteiger partial charge in [0.1, 0.15) is 12.4 Å². The van der Waals surface area contributed by atoms with Crippen LogP contribution in [0.3, 0.4) is 0 Å². The summed E-state index contributed by atoms with van der Waals surface area (Å²) in [6, 6.07) is 24.6. The average molecular weight is 462 g/mol. The second-order valence-corrected chi connectivity index (χ2v) is 7.97. The van der Waals surface area contributed by atoms with Crippen LogP contribution < -0.4 is 10.3 Å². The van der Waals surface area contributed by atoms with Gasteiger partial charge in [0.2, 0.25) is 0 Å². The van der Waals surface area contributed by atoms with Gasteiger partial charge in [-0.3, -0.25) is 0 Å². The minimum absolute atomic E-state index is 0.174. The van der Waals surface area contributed by atoms with Gasteiger partial charge in [-0.05, 0) is 52.5 Å². The van der Waals surface area contributed by atoms with E-state index in [0.717, 1.165) is 28.9 Å². The first-order valence-electron chi connectivity index (χ1n) is 11.4. The zero-order chi connectivity index (χ0) is 23.6. The first-order chi connectivity index (χ1) is 16.7. The third kappa shape index (κ3) is 6.50. The summed E-state index contributed by atoms with van der Waals surface area (Å²) < 4.78 is 22.1. The average Bonchev–Trinajstić information content (AvgIpc) is 3.41. The highest BCUT2D eigenvalue weighted by atomic mass is 16.7. The van der Waals surface area contributed by atoms with Crippen molar-refractivity contribution in [3.05, 3.63) is 101 Å². The molecule has 4 rings (SSSR count). The lowest BCUT2D eigenvalue weighted by molar-refractivity contribution is -0.227. The molecular formula is C27H29N2O5+. The van der Waals surface area contributed by atoms with Crippen molar-refractivity contribution in [3.63, 3.8) is 0 Å². The fraction of sp³-hybridized carbons (Fsp3) is 0.296. The predicted octanol–water partition coefficient (Wildman–Crippen LogP) is 3.88. The molecule has 0 aromatic heterocycles. The molecule has 7 nitrogen and oxygen atoms in total. The van der Waals surface area contributed by atoms with Crippen LogP contribution in [0.5, 0.6) is 5.75 Å². The molecule has 0 spiro atoms. The van der Waals surface area contributed by atoms with Gasteiger partial charge in [-0.2, -0.15) is 5.53 Å². The number of ether oxygens (including phenoxy) is 4. The highest BCUT2D eigenvalue weighted by Gasteiger charge is 2.17. The Kier molecular flexibility index (Phi) is 8.38. The smallest absolute Gasteiger partial charge is 0.338 e. The standard InChI is InChI=1S/C27H28N2O5/c28-29-26(21-6-2-1-3-7-21)23-8-4-9-24(18-23)34-19-20-11-13-22(14-12-20)27(30)33-15-5-10-25-31-16-17-32-25/h1-4,6-9,11-14,18,25-26,28H,5,10,15-17,19H2/p+1. The molecule has 7 heteroatoms. The first-order valence-corrected chi connectivity index (χ1v) is 11.4. The fourth-order valence-corrected chi connectivity index (χ4v) is 3.75. The van der Waals surface area contributed by atoms with Gasteiger partial charge in [0.25, 0.3) is 0 Å². The zero-order valence-electron chi connectivity index (χ0n) is 19.0. The van der Waals surface area contributed by atoms with E-state index in [1.54, 1.807) is 12.1 Å². The molecule has 0 bridgehead atoms. The van der Waals surface area contributed by atoms with Gasteiger partial charge in [0.15, 0.2) is 12.3 Å². The minimum atomic E-state index is -0.342. The summed E-state index contributed by atoms with van der Waals surface area (Å²) in [5.74, 6) is 0.381. The summed E-state index contributed by atoms with van der Waals surface area (Å²) in [6.45, 7) is 1.96. The quantitative estimate of drug-likeness (QED) is 0.266. The van der Waals surface area contributed by atoms with Crippen LogP contribution in [0.2, 0.25) is 0 Å². The summed E-state index contributed by atoms with van der Waals surface area (Å²) >= 11 is 0. The Hall–Kier alpha value is -3.55. The van der Waals surface area contributed by atoms with E-state index < -0.39 is 0 Å². The molecule has 1 unspecified atom stereocenters. The second kappa shape index (κ2) is 12.1. The Bertz CT molecular complexity index is 1070. The maximum Gasteiger partial charge on any atom is 0.338 e. The second-order valence-electron chi connectivity index (χ2n) is 7.97. The lowest BCUT2D eigenvalue weighted by Crippen LogP contribution is -2.26. The molecule has 0 aliphatic carbocycles. The fourth-order valence-electron chi connectivity index (χ4n) is 3.75. The van der Waals surface area contributed by atoms with Crippen molar-refractivity contribution in [3.8, 4) is 5.75 Å². The maximum atomic E-state index is 12.2.